The van der Waals surface area contributed by atoms with Crippen LogP contribution >= 0.6 is 0 Å². The first kappa shape index (κ1) is 16.5. The maximum atomic E-state index is 13.9. The largest absolute Gasteiger partial charge is 0.468 e. The molecule has 134 valence electrons. The summed E-state index contributed by atoms with van der Waals surface area (Å²) >= 11 is 0. The van der Waals surface area contributed by atoms with Gasteiger partial charge in [0.2, 0.25) is 5.91 Å². The Labute approximate surface area is 146 Å². The quantitative estimate of drug-likeness (QED) is 0.787. The van der Waals surface area contributed by atoms with Crippen molar-refractivity contribution in [1.82, 2.24) is 9.88 Å². The fraction of sp³-hybridized carbons (Fsp3) is 0.579. The van der Waals surface area contributed by atoms with Gasteiger partial charge in [0.15, 0.2) is 5.82 Å². The molecular formula is C19H23FN2O3. The lowest BCUT2D eigenvalue weighted by molar-refractivity contribution is -0.135. The zero-order valence-corrected chi connectivity index (χ0v) is 14.1. The van der Waals surface area contributed by atoms with E-state index < -0.39 is 5.82 Å². The third-order valence-corrected chi connectivity index (χ3v) is 5.33. The van der Waals surface area contributed by atoms with Crippen molar-refractivity contribution in [1.29, 1.82) is 0 Å². The Hall–Kier alpha value is -1.95. The number of hydrogen-bond acceptors (Lipinski definition) is 4. The summed E-state index contributed by atoms with van der Waals surface area (Å²) < 4.78 is 25.6. The van der Waals surface area contributed by atoms with Crippen LogP contribution in [0.1, 0.15) is 32.1 Å². The van der Waals surface area contributed by atoms with E-state index in [4.69, 9.17) is 9.47 Å². The molecule has 0 spiro atoms. The number of amides is 1. The number of rotatable bonds is 4. The number of allylic oxidation sites excluding steroid dienone is 2. The van der Waals surface area contributed by atoms with Crippen LogP contribution in [0.4, 0.5) is 4.39 Å². The highest BCUT2D eigenvalue weighted by Crippen LogP contribution is 2.33. The third-order valence-electron chi connectivity index (χ3n) is 5.33. The summed E-state index contributed by atoms with van der Waals surface area (Å²) in [5.41, 5.74) is 0. The first-order valence-corrected chi connectivity index (χ1v) is 9.07. The fourth-order valence-corrected chi connectivity index (χ4v) is 4.11. The van der Waals surface area contributed by atoms with E-state index >= 15 is 0 Å². The molecule has 1 aliphatic carbocycles. The molecule has 0 bridgehead atoms. The molecule has 0 aromatic carbocycles. The van der Waals surface area contributed by atoms with Crippen LogP contribution < -0.4 is 4.74 Å². The van der Waals surface area contributed by atoms with Crippen molar-refractivity contribution in [2.75, 3.05) is 13.2 Å². The molecule has 0 N–H and O–H groups in total. The lowest BCUT2D eigenvalue weighted by Gasteiger charge is -2.32. The molecule has 0 saturated carbocycles. The summed E-state index contributed by atoms with van der Waals surface area (Å²) in [6.45, 7) is 1.08. The Morgan fingerprint density at radius 2 is 2.36 bits per heavy atom. The highest BCUT2D eigenvalue weighted by atomic mass is 19.1. The molecular weight excluding hydrogens is 323 g/mol. The van der Waals surface area contributed by atoms with E-state index in [2.05, 4.69) is 17.1 Å². The number of nitrogens with zero attached hydrogens (tertiary/aromatic N) is 2. The number of halogens is 1. The first-order chi connectivity index (χ1) is 12.2. The highest BCUT2D eigenvalue weighted by molar-refractivity contribution is 5.77. The van der Waals surface area contributed by atoms with Crippen LogP contribution in [-0.4, -0.2) is 47.2 Å². The Morgan fingerprint density at radius 3 is 3.16 bits per heavy atom. The van der Waals surface area contributed by atoms with Gasteiger partial charge in [0, 0.05) is 19.2 Å². The molecule has 2 aliphatic heterocycles. The summed E-state index contributed by atoms with van der Waals surface area (Å²) in [7, 11) is 0. The molecule has 3 aliphatic rings. The van der Waals surface area contributed by atoms with Crippen molar-refractivity contribution in [2.45, 2.75) is 50.4 Å². The molecule has 2 saturated heterocycles. The van der Waals surface area contributed by atoms with Crippen molar-refractivity contribution in [3.8, 4) is 5.88 Å². The monoisotopic (exact) mass is 346 g/mol. The van der Waals surface area contributed by atoms with Crippen molar-refractivity contribution in [3.63, 3.8) is 0 Å². The van der Waals surface area contributed by atoms with Gasteiger partial charge in [-0.15, -0.1) is 0 Å². The molecule has 3 heterocycles. The van der Waals surface area contributed by atoms with Gasteiger partial charge in [0.05, 0.1) is 12.6 Å². The van der Waals surface area contributed by atoms with Gasteiger partial charge in [0.1, 0.15) is 12.2 Å². The SMILES string of the molecule is O=C(CC1C=CCC1)N1C[C@@H](Oc2ncccc2F)[C@@H]2OCCC[C@@H]21. The summed E-state index contributed by atoms with van der Waals surface area (Å²) in [4.78, 5) is 18.7. The van der Waals surface area contributed by atoms with Crippen LogP contribution in [0.3, 0.4) is 0 Å². The van der Waals surface area contributed by atoms with E-state index in [0.717, 1.165) is 25.7 Å². The normalized spacial score (nSPS) is 31.2. The third kappa shape index (κ3) is 3.40. The zero-order chi connectivity index (χ0) is 17.2. The Morgan fingerprint density at radius 1 is 1.44 bits per heavy atom. The average Bonchev–Trinajstić information content (AvgIpc) is 3.25. The topological polar surface area (TPSA) is 51.7 Å². The highest BCUT2D eigenvalue weighted by Gasteiger charge is 2.47. The van der Waals surface area contributed by atoms with Crippen molar-refractivity contribution < 1.29 is 18.7 Å². The molecule has 1 aromatic rings. The second-order valence-corrected chi connectivity index (χ2v) is 7.01. The summed E-state index contributed by atoms with van der Waals surface area (Å²) in [5.74, 6) is -0.0301. The number of pyridine rings is 1. The Bertz CT molecular complexity index is 666. The maximum Gasteiger partial charge on any atom is 0.250 e. The summed E-state index contributed by atoms with van der Waals surface area (Å²) in [6.07, 6.45) is 9.66. The fourth-order valence-electron chi connectivity index (χ4n) is 4.11. The minimum atomic E-state index is -0.490. The van der Waals surface area contributed by atoms with E-state index in [1.54, 1.807) is 0 Å². The van der Waals surface area contributed by atoms with Crippen LogP contribution in [0.5, 0.6) is 5.88 Å². The van der Waals surface area contributed by atoms with Gasteiger partial charge in [-0.05, 0) is 43.7 Å². The van der Waals surface area contributed by atoms with Gasteiger partial charge in [-0.1, -0.05) is 12.2 Å². The van der Waals surface area contributed by atoms with Crippen LogP contribution in [0.2, 0.25) is 0 Å². The van der Waals surface area contributed by atoms with Crippen molar-refractivity contribution >= 4 is 5.91 Å². The predicted molar refractivity (Wildman–Crippen MR) is 89.6 cm³/mol. The van der Waals surface area contributed by atoms with Gasteiger partial charge < -0.3 is 14.4 Å². The maximum absolute atomic E-state index is 13.9. The zero-order valence-electron chi connectivity index (χ0n) is 14.1. The molecule has 0 radical (unpaired) electrons. The van der Waals surface area contributed by atoms with Gasteiger partial charge in [-0.2, -0.15) is 0 Å². The second kappa shape index (κ2) is 7.12. The number of aromatic nitrogens is 1. The minimum absolute atomic E-state index is 0.0170. The van der Waals surface area contributed by atoms with Gasteiger partial charge in [-0.25, -0.2) is 9.37 Å². The lowest BCUT2D eigenvalue weighted by atomic mass is 10.0. The van der Waals surface area contributed by atoms with Crippen molar-refractivity contribution in [2.24, 2.45) is 5.92 Å². The van der Waals surface area contributed by atoms with Crippen LogP contribution in [0.15, 0.2) is 30.5 Å². The summed E-state index contributed by atoms with van der Waals surface area (Å²) in [6, 6.07) is 2.87. The molecule has 5 nitrogen and oxygen atoms in total. The first-order valence-electron chi connectivity index (χ1n) is 9.07. The number of ether oxygens (including phenoxy) is 2. The Balaban J connectivity index is 1.48. The van der Waals surface area contributed by atoms with E-state index in [9.17, 15) is 9.18 Å². The minimum Gasteiger partial charge on any atom is -0.468 e. The molecule has 6 heteroatoms. The number of likely N-dealkylation sites (tertiary alicyclic amines) is 1. The molecule has 2 fully saturated rings. The number of hydrogen-bond donors (Lipinski definition) is 0. The summed E-state index contributed by atoms with van der Waals surface area (Å²) in [5, 5.41) is 0. The molecule has 4 rings (SSSR count). The van der Waals surface area contributed by atoms with E-state index in [0.29, 0.717) is 25.5 Å². The number of fused-ring (bicyclic) bond motifs is 1. The van der Waals surface area contributed by atoms with E-state index in [1.807, 2.05) is 4.90 Å². The van der Waals surface area contributed by atoms with E-state index in [-0.39, 0.29) is 30.0 Å². The van der Waals surface area contributed by atoms with Crippen LogP contribution in [0, 0.1) is 11.7 Å². The van der Waals surface area contributed by atoms with Gasteiger partial charge >= 0.3 is 0 Å². The van der Waals surface area contributed by atoms with Crippen molar-refractivity contribution in [3.05, 3.63) is 36.3 Å². The molecule has 25 heavy (non-hydrogen) atoms. The molecule has 1 unspecified atom stereocenters. The smallest absolute Gasteiger partial charge is 0.250 e. The van der Waals surface area contributed by atoms with E-state index in [1.165, 1.54) is 18.3 Å². The Kier molecular flexibility index (Phi) is 4.70. The number of carbonyl (C=O) groups excluding carboxylic acids is 1. The number of carbonyl (C=O) groups is 1. The second-order valence-electron chi connectivity index (χ2n) is 7.01. The molecule has 4 atom stereocenters. The van der Waals surface area contributed by atoms with Crippen LogP contribution in [0.25, 0.3) is 0 Å². The predicted octanol–water partition coefficient (Wildman–Crippen LogP) is 2.71. The lowest BCUT2D eigenvalue weighted by Crippen LogP contribution is -2.44. The standard InChI is InChI=1S/C19H23FN2O3/c20-14-7-3-9-21-19(14)25-16-12-22(15-8-4-10-24-18(15)16)17(23)11-13-5-1-2-6-13/h1,3,5,7,9,13,15-16,18H,2,4,6,8,10-12H2/t13?,15-,16+,18+/m0/s1. The molecule has 1 amide bonds. The van der Waals surface area contributed by atoms with Gasteiger partial charge in [0.25, 0.3) is 5.88 Å². The van der Waals surface area contributed by atoms with Gasteiger partial charge in [-0.3, -0.25) is 4.79 Å². The molecule has 1 aromatic heterocycles. The van der Waals surface area contributed by atoms with Crippen LogP contribution in [-0.2, 0) is 9.53 Å². The average molecular weight is 346 g/mol.